The molecule has 0 aliphatic heterocycles. The highest BCUT2D eigenvalue weighted by atomic mass is 79.9. The molecule has 0 aliphatic rings. The largest absolute Gasteiger partial charge is 0.339 e. The molecule has 2 N–H and O–H groups in total. The third-order valence-electron chi connectivity index (χ3n) is 3.27. The summed E-state index contributed by atoms with van der Waals surface area (Å²) in [5.41, 5.74) is 2.25. The molecule has 0 saturated heterocycles. The van der Waals surface area contributed by atoms with Gasteiger partial charge in [-0.3, -0.25) is 4.79 Å². The fourth-order valence-electron chi connectivity index (χ4n) is 2.01. The van der Waals surface area contributed by atoms with Crippen molar-refractivity contribution >= 4 is 39.0 Å². The lowest BCUT2D eigenvalue weighted by Gasteiger charge is -2.07. The van der Waals surface area contributed by atoms with Gasteiger partial charge in [-0.1, -0.05) is 15.9 Å². The Morgan fingerprint density at radius 1 is 0.960 bits per heavy atom. The first-order valence-corrected chi connectivity index (χ1v) is 8.09. The van der Waals surface area contributed by atoms with E-state index in [1.807, 2.05) is 12.1 Å². The van der Waals surface area contributed by atoms with Crippen LogP contribution < -0.4 is 10.6 Å². The minimum absolute atomic E-state index is 0.216. The predicted molar refractivity (Wildman–Crippen MR) is 98.6 cm³/mol. The topological polar surface area (TPSA) is 90.7 Å². The zero-order valence-electron chi connectivity index (χ0n) is 12.9. The lowest BCUT2D eigenvalue weighted by molar-refractivity contribution is 0.102. The lowest BCUT2D eigenvalue weighted by Crippen LogP contribution is -2.14. The highest BCUT2D eigenvalue weighted by Gasteiger charge is 2.08. The number of nitrogens with one attached hydrogen (secondary N) is 2. The van der Waals surface area contributed by atoms with Crippen molar-refractivity contribution in [2.45, 2.75) is 0 Å². The van der Waals surface area contributed by atoms with E-state index < -0.39 is 0 Å². The fourth-order valence-corrected chi connectivity index (χ4v) is 2.28. The molecule has 0 saturated carbocycles. The van der Waals surface area contributed by atoms with Gasteiger partial charge in [-0.25, -0.2) is 9.97 Å². The van der Waals surface area contributed by atoms with E-state index in [0.717, 1.165) is 10.2 Å². The maximum absolute atomic E-state index is 12.2. The van der Waals surface area contributed by atoms with E-state index in [2.05, 4.69) is 42.6 Å². The third kappa shape index (κ3) is 4.40. The van der Waals surface area contributed by atoms with Gasteiger partial charge in [-0.2, -0.15) is 5.26 Å². The average molecular weight is 394 g/mol. The number of nitriles is 1. The molecule has 0 radical (unpaired) electrons. The molecule has 3 aromatic rings. The molecule has 122 valence electrons. The monoisotopic (exact) mass is 393 g/mol. The van der Waals surface area contributed by atoms with Gasteiger partial charge in [0, 0.05) is 15.8 Å². The predicted octanol–water partition coefficient (Wildman–Crippen LogP) is 4.11. The standard InChI is InChI=1S/C18H12BrN5O/c19-13-3-7-15(8-4-13)24-18(25)16-10-22-17(11-21-16)23-14-5-1-12(9-20)2-6-14/h1-8,10-11H,(H,22,23)(H,24,25). The molecule has 0 aliphatic carbocycles. The van der Waals surface area contributed by atoms with E-state index in [1.54, 1.807) is 36.4 Å². The Bertz CT molecular complexity index is 916. The number of benzene rings is 2. The Kier molecular flexibility index (Phi) is 5.02. The van der Waals surface area contributed by atoms with Crippen LogP contribution >= 0.6 is 15.9 Å². The van der Waals surface area contributed by atoms with Crippen molar-refractivity contribution in [3.63, 3.8) is 0 Å². The Morgan fingerprint density at radius 3 is 2.24 bits per heavy atom. The molecule has 1 amide bonds. The van der Waals surface area contributed by atoms with Crippen LogP contribution in [-0.2, 0) is 0 Å². The number of aromatic nitrogens is 2. The van der Waals surface area contributed by atoms with Gasteiger partial charge < -0.3 is 10.6 Å². The molecule has 0 fully saturated rings. The van der Waals surface area contributed by atoms with E-state index in [1.165, 1.54) is 12.4 Å². The number of hydrogen-bond acceptors (Lipinski definition) is 5. The molecule has 0 unspecified atom stereocenters. The number of carbonyl (C=O) groups excluding carboxylic acids is 1. The number of amides is 1. The van der Waals surface area contributed by atoms with Gasteiger partial charge in [0.05, 0.1) is 24.0 Å². The van der Waals surface area contributed by atoms with Gasteiger partial charge in [0.25, 0.3) is 5.91 Å². The highest BCUT2D eigenvalue weighted by Crippen LogP contribution is 2.16. The molecular weight excluding hydrogens is 382 g/mol. The quantitative estimate of drug-likeness (QED) is 0.695. The second-order valence-corrected chi connectivity index (χ2v) is 5.98. The molecule has 1 heterocycles. The molecular formula is C18H12BrN5O. The van der Waals surface area contributed by atoms with Crippen LogP contribution in [0.2, 0.25) is 0 Å². The highest BCUT2D eigenvalue weighted by molar-refractivity contribution is 9.10. The average Bonchev–Trinajstić information content (AvgIpc) is 2.65. The molecule has 0 spiro atoms. The minimum atomic E-state index is -0.334. The third-order valence-corrected chi connectivity index (χ3v) is 3.80. The summed E-state index contributed by atoms with van der Waals surface area (Å²) >= 11 is 3.34. The van der Waals surface area contributed by atoms with Gasteiger partial charge in [0.15, 0.2) is 0 Å². The first-order chi connectivity index (χ1) is 12.1. The van der Waals surface area contributed by atoms with E-state index in [-0.39, 0.29) is 11.6 Å². The second kappa shape index (κ2) is 7.55. The summed E-state index contributed by atoms with van der Waals surface area (Å²) in [6.45, 7) is 0. The van der Waals surface area contributed by atoms with Crippen LogP contribution in [0.3, 0.4) is 0 Å². The summed E-state index contributed by atoms with van der Waals surface area (Å²) < 4.78 is 0.934. The smallest absolute Gasteiger partial charge is 0.275 e. The van der Waals surface area contributed by atoms with Crippen molar-refractivity contribution in [2.24, 2.45) is 0 Å². The SMILES string of the molecule is N#Cc1ccc(Nc2cnc(C(=O)Nc3ccc(Br)cc3)cn2)cc1. The summed E-state index contributed by atoms with van der Waals surface area (Å²) in [7, 11) is 0. The van der Waals surface area contributed by atoms with Crippen molar-refractivity contribution in [1.29, 1.82) is 5.26 Å². The molecule has 2 aromatic carbocycles. The summed E-state index contributed by atoms with van der Waals surface area (Å²) in [6, 6.07) is 16.3. The van der Waals surface area contributed by atoms with Crippen LogP contribution in [0.1, 0.15) is 16.1 Å². The first-order valence-electron chi connectivity index (χ1n) is 7.30. The molecule has 7 heteroatoms. The Labute approximate surface area is 152 Å². The van der Waals surface area contributed by atoms with E-state index in [9.17, 15) is 4.79 Å². The molecule has 6 nitrogen and oxygen atoms in total. The minimum Gasteiger partial charge on any atom is -0.339 e. The van der Waals surface area contributed by atoms with E-state index in [4.69, 9.17) is 5.26 Å². The van der Waals surface area contributed by atoms with Crippen LogP contribution in [-0.4, -0.2) is 15.9 Å². The Morgan fingerprint density at radius 2 is 1.64 bits per heavy atom. The van der Waals surface area contributed by atoms with E-state index in [0.29, 0.717) is 17.1 Å². The zero-order valence-corrected chi connectivity index (χ0v) is 14.5. The van der Waals surface area contributed by atoms with Crippen molar-refractivity contribution in [1.82, 2.24) is 9.97 Å². The number of nitrogens with zero attached hydrogens (tertiary/aromatic N) is 3. The summed E-state index contributed by atoms with van der Waals surface area (Å²) in [5.74, 6) is 0.171. The summed E-state index contributed by atoms with van der Waals surface area (Å²) in [4.78, 5) is 20.5. The summed E-state index contributed by atoms with van der Waals surface area (Å²) in [5, 5.41) is 14.6. The van der Waals surface area contributed by atoms with Crippen LogP contribution in [0.5, 0.6) is 0 Å². The normalized spacial score (nSPS) is 9.92. The first kappa shape index (κ1) is 16.6. The van der Waals surface area contributed by atoms with Crippen molar-refractivity contribution in [3.8, 4) is 6.07 Å². The zero-order chi connectivity index (χ0) is 17.6. The number of hydrogen-bond donors (Lipinski definition) is 2. The number of carbonyl (C=O) groups is 1. The van der Waals surface area contributed by atoms with Crippen LogP contribution in [0, 0.1) is 11.3 Å². The maximum Gasteiger partial charge on any atom is 0.275 e. The van der Waals surface area contributed by atoms with Crippen LogP contribution in [0.15, 0.2) is 65.4 Å². The Hall–Kier alpha value is -3.24. The van der Waals surface area contributed by atoms with Crippen LogP contribution in [0.25, 0.3) is 0 Å². The molecule has 3 rings (SSSR count). The van der Waals surface area contributed by atoms with Gasteiger partial charge in [-0.15, -0.1) is 0 Å². The van der Waals surface area contributed by atoms with Gasteiger partial charge in [0.2, 0.25) is 0 Å². The number of halogens is 1. The number of rotatable bonds is 4. The van der Waals surface area contributed by atoms with Crippen LogP contribution in [0.4, 0.5) is 17.2 Å². The summed E-state index contributed by atoms with van der Waals surface area (Å²) in [6.07, 6.45) is 2.88. The van der Waals surface area contributed by atoms with E-state index >= 15 is 0 Å². The number of anilines is 3. The van der Waals surface area contributed by atoms with Crippen molar-refractivity contribution < 1.29 is 4.79 Å². The molecule has 25 heavy (non-hydrogen) atoms. The Balaban J connectivity index is 1.65. The van der Waals surface area contributed by atoms with Gasteiger partial charge >= 0.3 is 0 Å². The molecule has 0 bridgehead atoms. The maximum atomic E-state index is 12.2. The van der Waals surface area contributed by atoms with Gasteiger partial charge in [-0.05, 0) is 48.5 Å². The molecule has 0 atom stereocenters. The fraction of sp³-hybridized carbons (Fsp3) is 0. The lowest BCUT2D eigenvalue weighted by atomic mass is 10.2. The molecule has 1 aromatic heterocycles. The van der Waals surface area contributed by atoms with Gasteiger partial charge in [0.1, 0.15) is 11.5 Å². The van der Waals surface area contributed by atoms with Crippen molar-refractivity contribution in [3.05, 3.63) is 76.7 Å². The van der Waals surface area contributed by atoms with Crippen molar-refractivity contribution in [2.75, 3.05) is 10.6 Å². The second-order valence-electron chi connectivity index (χ2n) is 5.06.